The van der Waals surface area contributed by atoms with Crippen molar-refractivity contribution in [3.63, 3.8) is 0 Å². The van der Waals surface area contributed by atoms with Gasteiger partial charge in [0, 0.05) is 17.3 Å². The van der Waals surface area contributed by atoms with Crippen molar-refractivity contribution in [2.45, 2.75) is 0 Å². The lowest BCUT2D eigenvalue weighted by Gasteiger charge is -2.10. The highest BCUT2D eigenvalue weighted by Crippen LogP contribution is 2.27. The van der Waals surface area contributed by atoms with Crippen LogP contribution in [0.2, 0.25) is 0 Å². The Balaban J connectivity index is 1.48. The Morgan fingerprint density at radius 3 is 2.31 bits per heavy atom. The molecule has 35 heavy (non-hydrogen) atoms. The molecule has 0 aliphatic carbocycles. The van der Waals surface area contributed by atoms with Crippen LogP contribution in [0.3, 0.4) is 0 Å². The molecular formula is C26H24N2O7. The molecule has 9 heteroatoms. The van der Waals surface area contributed by atoms with Gasteiger partial charge in [-0.05, 0) is 60.2 Å². The van der Waals surface area contributed by atoms with E-state index in [9.17, 15) is 19.5 Å². The topological polar surface area (TPSA) is 123 Å². The monoisotopic (exact) mass is 476 g/mol. The zero-order valence-electron chi connectivity index (χ0n) is 19.1. The molecule has 0 saturated carbocycles. The number of esters is 1. The highest BCUT2D eigenvalue weighted by atomic mass is 16.5. The molecule has 3 rings (SSSR count). The Hall–Kier alpha value is -4.79. The molecule has 0 aliphatic rings. The van der Waals surface area contributed by atoms with Crippen LogP contribution in [-0.2, 0) is 14.3 Å². The number of methoxy groups -OCH3 is 2. The lowest BCUT2D eigenvalue weighted by atomic mass is 10.2. The molecule has 2 amide bonds. The molecule has 0 spiro atoms. The molecule has 3 N–H and O–H groups in total. The van der Waals surface area contributed by atoms with Gasteiger partial charge in [0.25, 0.3) is 11.8 Å². The maximum Gasteiger partial charge on any atom is 0.331 e. The van der Waals surface area contributed by atoms with Crippen molar-refractivity contribution in [1.82, 2.24) is 0 Å². The molecule has 0 unspecified atom stereocenters. The Bertz CT molecular complexity index is 1240. The SMILES string of the molecule is COc1cc(/C=C/C(=O)OCC(=O)Nc2ccc(C(=O)Nc3ccccc3OC)cc2)ccc1O. The fourth-order valence-electron chi connectivity index (χ4n) is 2.99. The summed E-state index contributed by atoms with van der Waals surface area (Å²) in [5, 5.41) is 15.0. The van der Waals surface area contributed by atoms with Gasteiger partial charge in [0.2, 0.25) is 0 Å². The van der Waals surface area contributed by atoms with E-state index in [-0.39, 0.29) is 17.4 Å². The van der Waals surface area contributed by atoms with Crippen LogP contribution in [0.4, 0.5) is 11.4 Å². The lowest BCUT2D eigenvalue weighted by Crippen LogP contribution is -2.20. The fraction of sp³-hybridized carbons (Fsp3) is 0.115. The van der Waals surface area contributed by atoms with Crippen molar-refractivity contribution in [3.05, 3.63) is 83.9 Å². The van der Waals surface area contributed by atoms with Crippen LogP contribution in [0.1, 0.15) is 15.9 Å². The quantitative estimate of drug-likeness (QED) is 0.317. The van der Waals surface area contributed by atoms with E-state index in [1.165, 1.54) is 26.4 Å². The largest absolute Gasteiger partial charge is 0.504 e. The first-order valence-electron chi connectivity index (χ1n) is 10.5. The Labute approximate surface area is 201 Å². The molecule has 0 heterocycles. The molecule has 180 valence electrons. The third-order valence-corrected chi connectivity index (χ3v) is 4.75. The highest BCUT2D eigenvalue weighted by Gasteiger charge is 2.11. The van der Waals surface area contributed by atoms with Gasteiger partial charge in [-0.3, -0.25) is 9.59 Å². The van der Waals surface area contributed by atoms with Gasteiger partial charge < -0.3 is 30.0 Å². The number of hydrogen-bond acceptors (Lipinski definition) is 7. The first-order chi connectivity index (χ1) is 16.9. The summed E-state index contributed by atoms with van der Waals surface area (Å²) in [7, 11) is 2.93. The van der Waals surface area contributed by atoms with Crippen molar-refractivity contribution in [1.29, 1.82) is 0 Å². The average Bonchev–Trinajstić information content (AvgIpc) is 2.87. The maximum atomic E-state index is 12.5. The van der Waals surface area contributed by atoms with Gasteiger partial charge in [0.05, 0.1) is 19.9 Å². The van der Waals surface area contributed by atoms with Crippen LogP contribution in [-0.4, -0.2) is 43.7 Å². The van der Waals surface area contributed by atoms with E-state index in [1.54, 1.807) is 60.7 Å². The van der Waals surface area contributed by atoms with Crippen LogP contribution >= 0.6 is 0 Å². The summed E-state index contributed by atoms with van der Waals surface area (Å²) in [6.45, 7) is -0.488. The summed E-state index contributed by atoms with van der Waals surface area (Å²) in [5.41, 5.74) is 1.97. The van der Waals surface area contributed by atoms with Crippen molar-refractivity contribution in [2.75, 3.05) is 31.5 Å². The number of nitrogens with one attached hydrogen (secondary N) is 2. The summed E-state index contributed by atoms with van der Waals surface area (Å²) in [6.07, 6.45) is 2.63. The number of anilines is 2. The number of aromatic hydroxyl groups is 1. The summed E-state index contributed by atoms with van der Waals surface area (Å²) >= 11 is 0. The number of carbonyl (C=O) groups excluding carboxylic acids is 3. The van der Waals surface area contributed by atoms with E-state index in [1.807, 2.05) is 0 Å². The second-order valence-electron chi connectivity index (χ2n) is 7.15. The standard InChI is InChI=1S/C26H24N2O7/c1-33-22-6-4-3-5-20(22)28-26(32)18-9-11-19(12-10-18)27-24(30)16-35-25(31)14-8-17-7-13-21(29)23(15-17)34-2/h3-15,29H,16H2,1-2H3,(H,27,30)(H,28,32)/b14-8+. The molecule has 0 aromatic heterocycles. The summed E-state index contributed by atoms with van der Waals surface area (Å²) in [6, 6.07) is 17.9. The first-order valence-corrected chi connectivity index (χ1v) is 10.5. The number of phenols is 1. The van der Waals surface area contributed by atoms with Crippen molar-refractivity contribution in [2.24, 2.45) is 0 Å². The van der Waals surface area contributed by atoms with Gasteiger partial charge >= 0.3 is 5.97 Å². The average molecular weight is 476 g/mol. The van der Waals surface area contributed by atoms with Gasteiger partial charge in [0.15, 0.2) is 18.1 Å². The zero-order chi connectivity index (χ0) is 25.2. The molecular weight excluding hydrogens is 452 g/mol. The number of ether oxygens (including phenoxy) is 3. The molecule has 0 saturated heterocycles. The minimum absolute atomic E-state index is 0.0195. The van der Waals surface area contributed by atoms with Crippen molar-refractivity contribution >= 4 is 35.2 Å². The number of rotatable bonds is 9. The molecule has 0 fully saturated rings. The summed E-state index contributed by atoms with van der Waals surface area (Å²) < 4.78 is 15.2. The second kappa shape index (κ2) is 11.9. The highest BCUT2D eigenvalue weighted by molar-refractivity contribution is 6.05. The minimum atomic E-state index is -0.712. The van der Waals surface area contributed by atoms with Gasteiger partial charge in [0.1, 0.15) is 5.75 Å². The zero-order valence-corrected chi connectivity index (χ0v) is 19.1. The summed E-state index contributed by atoms with van der Waals surface area (Å²) in [5.74, 6) is -0.798. The number of hydrogen-bond donors (Lipinski definition) is 3. The van der Waals surface area contributed by atoms with Crippen molar-refractivity contribution < 1.29 is 33.7 Å². The van der Waals surface area contributed by atoms with E-state index in [0.717, 1.165) is 6.08 Å². The van der Waals surface area contributed by atoms with E-state index < -0.39 is 18.5 Å². The van der Waals surface area contributed by atoms with E-state index in [4.69, 9.17) is 14.2 Å². The predicted octanol–water partition coefficient (Wildman–Crippen LogP) is 3.86. The van der Waals surface area contributed by atoms with Crippen molar-refractivity contribution in [3.8, 4) is 17.2 Å². The van der Waals surface area contributed by atoms with Gasteiger partial charge in [-0.25, -0.2) is 4.79 Å². The van der Waals surface area contributed by atoms with E-state index >= 15 is 0 Å². The Kier molecular flexibility index (Phi) is 8.44. The third kappa shape index (κ3) is 7.10. The van der Waals surface area contributed by atoms with E-state index in [0.29, 0.717) is 28.3 Å². The molecule has 9 nitrogen and oxygen atoms in total. The van der Waals surface area contributed by atoms with Crippen LogP contribution in [0.25, 0.3) is 6.08 Å². The first kappa shape index (κ1) is 24.8. The number of benzene rings is 3. The third-order valence-electron chi connectivity index (χ3n) is 4.75. The minimum Gasteiger partial charge on any atom is -0.504 e. The number of carbonyl (C=O) groups is 3. The predicted molar refractivity (Wildman–Crippen MR) is 131 cm³/mol. The van der Waals surface area contributed by atoms with Gasteiger partial charge in [-0.15, -0.1) is 0 Å². The molecule has 0 bridgehead atoms. The molecule has 0 atom stereocenters. The van der Waals surface area contributed by atoms with E-state index in [2.05, 4.69) is 10.6 Å². The van der Waals surface area contributed by atoms with Crippen LogP contribution in [0, 0.1) is 0 Å². The van der Waals surface area contributed by atoms with Crippen LogP contribution in [0.5, 0.6) is 17.2 Å². The van der Waals surface area contributed by atoms with Gasteiger partial charge in [-0.1, -0.05) is 18.2 Å². The second-order valence-corrected chi connectivity index (χ2v) is 7.15. The fourth-order valence-corrected chi connectivity index (χ4v) is 2.99. The molecule has 3 aromatic carbocycles. The number of para-hydroxylation sites is 2. The molecule has 0 aliphatic heterocycles. The summed E-state index contributed by atoms with van der Waals surface area (Å²) in [4.78, 5) is 36.5. The Morgan fingerprint density at radius 1 is 0.886 bits per heavy atom. The smallest absolute Gasteiger partial charge is 0.331 e. The van der Waals surface area contributed by atoms with Crippen LogP contribution in [0.15, 0.2) is 72.8 Å². The normalized spacial score (nSPS) is 10.5. The lowest BCUT2D eigenvalue weighted by molar-refractivity contribution is -0.142. The number of phenolic OH excluding ortho intramolecular Hbond substituents is 1. The maximum absolute atomic E-state index is 12.5. The van der Waals surface area contributed by atoms with Crippen LogP contribution < -0.4 is 20.1 Å². The molecule has 0 radical (unpaired) electrons. The molecule has 3 aromatic rings. The van der Waals surface area contributed by atoms with Gasteiger partial charge in [-0.2, -0.15) is 0 Å². The Morgan fingerprint density at radius 2 is 1.60 bits per heavy atom. The number of amides is 2.